The largest absolute Gasteiger partial charge is 0.494 e. The van der Waals surface area contributed by atoms with Crippen LogP contribution in [-0.4, -0.2) is 23.9 Å². The van der Waals surface area contributed by atoms with Crippen molar-refractivity contribution < 1.29 is 14.3 Å². The maximum Gasteiger partial charge on any atom is 0.234 e. The highest BCUT2D eigenvalue weighted by Crippen LogP contribution is 2.37. The summed E-state index contributed by atoms with van der Waals surface area (Å²) >= 11 is 1.65. The first-order valence-electron chi connectivity index (χ1n) is 9.11. The fourth-order valence-corrected chi connectivity index (χ4v) is 4.75. The lowest BCUT2D eigenvalue weighted by Gasteiger charge is -2.15. The number of amides is 1. The van der Waals surface area contributed by atoms with Gasteiger partial charge in [0.25, 0.3) is 0 Å². The summed E-state index contributed by atoms with van der Waals surface area (Å²) in [5.74, 6) is 1.82. The lowest BCUT2D eigenvalue weighted by Crippen LogP contribution is -2.32. The van der Waals surface area contributed by atoms with Gasteiger partial charge in [-0.15, -0.1) is 11.8 Å². The van der Waals surface area contributed by atoms with Gasteiger partial charge >= 0.3 is 0 Å². The molecule has 0 saturated carbocycles. The average Bonchev–Trinajstić information content (AvgIpc) is 3.21. The first-order valence-corrected chi connectivity index (χ1v) is 9.99. The summed E-state index contributed by atoms with van der Waals surface area (Å²) in [7, 11) is 0. The highest BCUT2D eigenvalue weighted by Gasteiger charge is 2.28. The number of ether oxygens (including phenoxy) is 2. The van der Waals surface area contributed by atoms with Crippen LogP contribution in [0.3, 0.4) is 0 Å². The number of carbonyl (C=O) groups excluding carboxylic acids is 1. The zero-order valence-corrected chi connectivity index (χ0v) is 15.9. The first kappa shape index (κ1) is 17.3. The summed E-state index contributed by atoms with van der Waals surface area (Å²) in [5, 5.41) is 3.02. The molecule has 136 valence electrons. The molecular weight excluding hydrogens is 346 g/mol. The molecule has 0 radical (unpaired) electrons. The molecule has 2 aromatic carbocycles. The summed E-state index contributed by atoms with van der Waals surface area (Å²) in [6.07, 6.45) is 1.88. The second kappa shape index (κ2) is 7.23. The number of hydrogen-bond acceptors (Lipinski definition) is 4. The number of rotatable bonds is 5. The molecule has 2 aromatic rings. The van der Waals surface area contributed by atoms with Crippen LogP contribution in [0.2, 0.25) is 0 Å². The molecule has 2 heterocycles. The van der Waals surface area contributed by atoms with Gasteiger partial charge in [0, 0.05) is 29.0 Å². The Morgan fingerprint density at radius 2 is 2.12 bits per heavy atom. The standard InChI is InChI=1S/C21H23NO3S/c1-3-24-17-9-15-8-13(2)25-18(15)10-16(17)12-22-21(23)20-11-14-6-4-5-7-19(14)26-20/h4-7,9-10,13,20H,3,8,11-12H2,1-2H3,(H,22,23). The van der Waals surface area contributed by atoms with Crippen LogP contribution in [0.5, 0.6) is 11.5 Å². The van der Waals surface area contributed by atoms with Crippen molar-refractivity contribution in [3.63, 3.8) is 0 Å². The van der Waals surface area contributed by atoms with Crippen molar-refractivity contribution in [2.24, 2.45) is 0 Å². The predicted octanol–water partition coefficient (Wildman–Crippen LogP) is 3.74. The Morgan fingerprint density at radius 3 is 2.92 bits per heavy atom. The minimum Gasteiger partial charge on any atom is -0.494 e. The molecular formula is C21H23NO3S. The molecule has 5 heteroatoms. The molecule has 0 aromatic heterocycles. The van der Waals surface area contributed by atoms with Crippen LogP contribution in [0.25, 0.3) is 0 Å². The van der Waals surface area contributed by atoms with Crippen LogP contribution in [-0.2, 0) is 24.2 Å². The predicted molar refractivity (Wildman–Crippen MR) is 103 cm³/mol. The van der Waals surface area contributed by atoms with E-state index < -0.39 is 0 Å². The number of hydrogen-bond donors (Lipinski definition) is 1. The maximum absolute atomic E-state index is 12.6. The molecule has 2 atom stereocenters. The molecule has 1 N–H and O–H groups in total. The monoisotopic (exact) mass is 369 g/mol. The van der Waals surface area contributed by atoms with E-state index in [0.29, 0.717) is 13.2 Å². The number of thioether (sulfide) groups is 1. The van der Waals surface area contributed by atoms with E-state index in [4.69, 9.17) is 9.47 Å². The Bertz CT molecular complexity index is 811. The quantitative estimate of drug-likeness (QED) is 0.872. The molecule has 1 amide bonds. The summed E-state index contributed by atoms with van der Waals surface area (Å²) in [6.45, 7) is 5.09. The van der Waals surface area contributed by atoms with Crippen LogP contribution < -0.4 is 14.8 Å². The third-order valence-electron chi connectivity index (χ3n) is 4.77. The van der Waals surface area contributed by atoms with Crippen molar-refractivity contribution in [1.29, 1.82) is 0 Å². The van der Waals surface area contributed by atoms with E-state index >= 15 is 0 Å². The highest BCUT2D eigenvalue weighted by molar-refractivity contribution is 8.01. The summed E-state index contributed by atoms with van der Waals surface area (Å²) in [5.41, 5.74) is 3.40. The molecule has 4 nitrogen and oxygen atoms in total. The molecule has 0 spiro atoms. The minimum atomic E-state index is -0.0614. The van der Waals surface area contributed by atoms with Crippen LogP contribution in [0.4, 0.5) is 0 Å². The Balaban J connectivity index is 1.45. The average molecular weight is 369 g/mol. The highest BCUT2D eigenvalue weighted by atomic mass is 32.2. The molecule has 4 rings (SSSR count). The first-order chi connectivity index (χ1) is 12.6. The topological polar surface area (TPSA) is 47.6 Å². The van der Waals surface area contributed by atoms with Gasteiger partial charge in [-0.05, 0) is 44.0 Å². The van der Waals surface area contributed by atoms with Gasteiger partial charge in [-0.3, -0.25) is 4.79 Å². The van der Waals surface area contributed by atoms with E-state index in [9.17, 15) is 4.79 Å². The number of carbonyl (C=O) groups is 1. The molecule has 2 aliphatic heterocycles. The second-order valence-corrected chi connectivity index (χ2v) is 8.01. The van der Waals surface area contributed by atoms with Crippen molar-refractivity contribution in [1.82, 2.24) is 5.32 Å². The fourth-order valence-electron chi connectivity index (χ4n) is 3.53. The maximum atomic E-state index is 12.6. The van der Waals surface area contributed by atoms with Crippen LogP contribution in [0.1, 0.15) is 30.5 Å². The van der Waals surface area contributed by atoms with Crippen LogP contribution in [0.15, 0.2) is 41.3 Å². The Labute approximate surface area is 158 Å². The second-order valence-electron chi connectivity index (χ2n) is 6.77. The lowest BCUT2D eigenvalue weighted by molar-refractivity contribution is -0.120. The lowest BCUT2D eigenvalue weighted by atomic mass is 10.1. The molecule has 0 bridgehead atoms. The van der Waals surface area contributed by atoms with Crippen LogP contribution >= 0.6 is 11.8 Å². The molecule has 0 aliphatic carbocycles. The molecule has 2 aliphatic rings. The molecule has 26 heavy (non-hydrogen) atoms. The zero-order valence-electron chi connectivity index (χ0n) is 15.1. The minimum absolute atomic E-state index is 0.0614. The van der Waals surface area contributed by atoms with Gasteiger partial charge in [-0.1, -0.05) is 18.2 Å². The van der Waals surface area contributed by atoms with Crippen molar-refractivity contribution in [2.45, 2.75) is 49.5 Å². The van der Waals surface area contributed by atoms with Gasteiger partial charge in [0.05, 0.1) is 11.9 Å². The van der Waals surface area contributed by atoms with Crippen molar-refractivity contribution >= 4 is 17.7 Å². The number of nitrogens with one attached hydrogen (secondary N) is 1. The van der Waals surface area contributed by atoms with Crippen molar-refractivity contribution in [3.8, 4) is 11.5 Å². The van der Waals surface area contributed by atoms with Gasteiger partial charge in [0.15, 0.2) is 0 Å². The van der Waals surface area contributed by atoms with Gasteiger partial charge in [-0.2, -0.15) is 0 Å². The van der Waals surface area contributed by atoms with E-state index in [1.165, 1.54) is 16.0 Å². The van der Waals surface area contributed by atoms with Gasteiger partial charge in [0.1, 0.15) is 17.6 Å². The zero-order chi connectivity index (χ0) is 18.1. The summed E-state index contributed by atoms with van der Waals surface area (Å²) in [4.78, 5) is 13.8. The fraction of sp³-hybridized carbons (Fsp3) is 0.381. The molecule has 2 unspecified atom stereocenters. The van der Waals surface area contributed by atoms with Crippen LogP contribution in [0, 0.1) is 0 Å². The van der Waals surface area contributed by atoms with E-state index in [1.54, 1.807) is 11.8 Å². The molecule has 0 saturated heterocycles. The number of fused-ring (bicyclic) bond motifs is 2. The Kier molecular flexibility index (Phi) is 4.81. The van der Waals surface area contributed by atoms with E-state index in [0.717, 1.165) is 29.9 Å². The SMILES string of the molecule is CCOc1cc2c(cc1CNC(=O)C1Cc3ccccc3S1)OC(C)C2. The molecule has 0 fully saturated rings. The number of benzene rings is 2. The Hall–Kier alpha value is -2.14. The third-order valence-corrected chi connectivity index (χ3v) is 6.09. The smallest absolute Gasteiger partial charge is 0.234 e. The van der Waals surface area contributed by atoms with Crippen molar-refractivity contribution in [3.05, 3.63) is 53.1 Å². The summed E-state index contributed by atoms with van der Waals surface area (Å²) < 4.78 is 11.7. The van der Waals surface area contributed by atoms with Gasteiger partial charge < -0.3 is 14.8 Å². The normalized spacial score (nSPS) is 20.2. The van der Waals surface area contributed by atoms with E-state index in [-0.39, 0.29) is 17.3 Å². The van der Waals surface area contributed by atoms with E-state index in [1.807, 2.05) is 25.1 Å². The van der Waals surface area contributed by atoms with Gasteiger partial charge in [0.2, 0.25) is 5.91 Å². The summed E-state index contributed by atoms with van der Waals surface area (Å²) in [6, 6.07) is 12.3. The van der Waals surface area contributed by atoms with Gasteiger partial charge in [-0.25, -0.2) is 0 Å². The Morgan fingerprint density at radius 1 is 1.27 bits per heavy atom. The third kappa shape index (κ3) is 3.40. The van der Waals surface area contributed by atoms with Crippen molar-refractivity contribution in [2.75, 3.05) is 6.61 Å². The van der Waals surface area contributed by atoms with E-state index in [2.05, 4.69) is 30.4 Å².